The number of ether oxygens (including phenoxy) is 2. The Bertz CT molecular complexity index is 708. The van der Waals surface area contributed by atoms with Gasteiger partial charge >= 0.3 is 0 Å². The number of benzene rings is 2. The van der Waals surface area contributed by atoms with Gasteiger partial charge in [-0.1, -0.05) is 34.1 Å². The van der Waals surface area contributed by atoms with Gasteiger partial charge in [0.05, 0.1) is 13.2 Å². The van der Waals surface area contributed by atoms with E-state index in [0.717, 1.165) is 10.0 Å². The van der Waals surface area contributed by atoms with E-state index in [1.165, 1.54) is 0 Å². The highest BCUT2D eigenvalue weighted by molar-refractivity contribution is 9.10. The van der Waals surface area contributed by atoms with Gasteiger partial charge in [-0.15, -0.1) is 0 Å². The SMILES string of the molecule is CCOc1ccc(C(=O)/C=C/c2cccc(Br)c2)cc1OCC. The number of carbonyl (C=O) groups excluding carboxylic acids is 1. The third-order valence-corrected chi connectivity index (χ3v) is 3.60. The minimum absolute atomic E-state index is 0.0750. The van der Waals surface area contributed by atoms with Crippen LogP contribution in [0.3, 0.4) is 0 Å². The van der Waals surface area contributed by atoms with Crippen molar-refractivity contribution in [1.82, 2.24) is 0 Å². The molecule has 0 N–H and O–H groups in total. The molecular weight excluding hydrogens is 356 g/mol. The maximum Gasteiger partial charge on any atom is 0.185 e. The maximum atomic E-state index is 12.3. The lowest BCUT2D eigenvalue weighted by Gasteiger charge is -2.11. The van der Waals surface area contributed by atoms with Gasteiger partial charge in [-0.25, -0.2) is 0 Å². The molecule has 0 atom stereocenters. The molecule has 0 fully saturated rings. The standard InChI is InChI=1S/C19H19BrO3/c1-3-22-18-11-9-15(13-19(18)23-4-2)17(21)10-8-14-6-5-7-16(20)12-14/h5-13H,3-4H2,1-2H3/b10-8+. The van der Waals surface area contributed by atoms with Crippen molar-refractivity contribution in [3.05, 3.63) is 64.1 Å². The van der Waals surface area contributed by atoms with E-state index < -0.39 is 0 Å². The number of allylic oxidation sites excluding steroid dienone is 1. The summed E-state index contributed by atoms with van der Waals surface area (Å²) in [7, 11) is 0. The van der Waals surface area contributed by atoms with Crippen molar-refractivity contribution in [2.45, 2.75) is 13.8 Å². The van der Waals surface area contributed by atoms with Crippen LogP contribution in [0, 0.1) is 0 Å². The zero-order valence-corrected chi connectivity index (χ0v) is 14.8. The Kier molecular flexibility index (Phi) is 6.41. The smallest absolute Gasteiger partial charge is 0.185 e. The van der Waals surface area contributed by atoms with Crippen molar-refractivity contribution in [2.75, 3.05) is 13.2 Å². The highest BCUT2D eigenvalue weighted by atomic mass is 79.9. The fourth-order valence-electron chi connectivity index (χ4n) is 2.08. The molecule has 2 aromatic rings. The Morgan fingerprint density at radius 2 is 1.78 bits per heavy atom. The largest absolute Gasteiger partial charge is 0.490 e. The molecule has 0 heterocycles. The monoisotopic (exact) mass is 374 g/mol. The van der Waals surface area contributed by atoms with Gasteiger partial charge in [-0.2, -0.15) is 0 Å². The molecule has 0 radical (unpaired) electrons. The summed E-state index contributed by atoms with van der Waals surface area (Å²) in [5, 5.41) is 0. The molecule has 0 spiro atoms. The van der Waals surface area contributed by atoms with Gasteiger partial charge < -0.3 is 9.47 Å². The lowest BCUT2D eigenvalue weighted by atomic mass is 10.1. The Morgan fingerprint density at radius 1 is 1.04 bits per heavy atom. The molecule has 0 saturated carbocycles. The summed E-state index contributed by atoms with van der Waals surface area (Å²) in [5.74, 6) is 1.17. The third-order valence-electron chi connectivity index (χ3n) is 3.10. The first-order valence-corrected chi connectivity index (χ1v) is 8.31. The van der Waals surface area contributed by atoms with E-state index in [1.54, 1.807) is 30.4 Å². The van der Waals surface area contributed by atoms with Gasteiger partial charge in [-0.3, -0.25) is 4.79 Å². The van der Waals surface area contributed by atoms with Crippen LogP contribution in [0.1, 0.15) is 29.8 Å². The van der Waals surface area contributed by atoms with E-state index >= 15 is 0 Å². The fraction of sp³-hybridized carbons (Fsp3) is 0.211. The van der Waals surface area contributed by atoms with Crippen LogP contribution in [0.2, 0.25) is 0 Å². The molecule has 0 aliphatic rings. The van der Waals surface area contributed by atoms with Gasteiger partial charge in [0.2, 0.25) is 0 Å². The molecule has 3 nitrogen and oxygen atoms in total. The van der Waals surface area contributed by atoms with E-state index in [1.807, 2.05) is 38.1 Å². The van der Waals surface area contributed by atoms with Crippen molar-refractivity contribution in [3.8, 4) is 11.5 Å². The average molecular weight is 375 g/mol. The Hall–Kier alpha value is -2.07. The molecular formula is C19H19BrO3. The summed E-state index contributed by atoms with van der Waals surface area (Å²) in [6.45, 7) is 4.88. The van der Waals surface area contributed by atoms with E-state index in [0.29, 0.717) is 30.3 Å². The number of rotatable bonds is 7. The molecule has 0 bridgehead atoms. The van der Waals surface area contributed by atoms with E-state index in [2.05, 4.69) is 15.9 Å². The van der Waals surface area contributed by atoms with Gasteiger partial charge in [0.1, 0.15) is 0 Å². The molecule has 0 unspecified atom stereocenters. The summed E-state index contributed by atoms with van der Waals surface area (Å²) < 4.78 is 12.0. The minimum Gasteiger partial charge on any atom is -0.490 e. The van der Waals surface area contributed by atoms with Crippen LogP contribution in [0.4, 0.5) is 0 Å². The van der Waals surface area contributed by atoms with Crippen LogP contribution in [0.25, 0.3) is 6.08 Å². The average Bonchev–Trinajstić information content (AvgIpc) is 2.55. The van der Waals surface area contributed by atoms with Gasteiger partial charge in [0.15, 0.2) is 17.3 Å². The zero-order chi connectivity index (χ0) is 16.7. The Morgan fingerprint density at radius 3 is 2.48 bits per heavy atom. The normalized spacial score (nSPS) is 10.7. The Labute approximate surface area is 145 Å². The molecule has 0 aliphatic carbocycles. The van der Waals surface area contributed by atoms with Crippen molar-refractivity contribution < 1.29 is 14.3 Å². The lowest BCUT2D eigenvalue weighted by Crippen LogP contribution is -2.01. The predicted octanol–water partition coefficient (Wildman–Crippen LogP) is 5.14. The number of hydrogen-bond donors (Lipinski definition) is 0. The number of halogens is 1. The fourth-order valence-corrected chi connectivity index (χ4v) is 2.50. The van der Waals surface area contributed by atoms with E-state index in [-0.39, 0.29) is 5.78 Å². The molecule has 120 valence electrons. The summed E-state index contributed by atoms with van der Waals surface area (Å²) in [6, 6.07) is 13.0. The van der Waals surface area contributed by atoms with Crippen LogP contribution < -0.4 is 9.47 Å². The number of hydrogen-bond acceptors (Lipinski definition) is 3. The van der Waals surface area contributed by atoms with Crippen LogP contribution in [0.15, 0.2) is 53.0 Å². The molecule has 2 rings (SSSR count). The first-order valence-electron chi connectivity index (χ1n) is 7.51. The first-order chi connectivity index (χ1) is 11.1. The van der Waals surface area contributed by atoms with Crippen LogP contribution in [0.5, 0.6) is 11.5 Å². The molecule has 0 aliphatic heterocycles. The highest BCUT2D eigenvalue weighted by Gasteiger charge is 2.09. The van der Waals surface area contributed by atoms with E-state index in [4.69, 9.17) is 9.47 Å². The van der Waals surface area contributed by atoms with Gasteiger partial charge in [0.25, 0.3) is 0 Å². The quantitative estimate of drug-likeness (QED) is 0.496. The van der Waals surface area contributed by atoms with Crippen molar-refractivity contribution in [2.24, 2.45) is 0 Å². The summed E-state index contributed by atoms with van der Waals surface area (Å²) in [5.41, 5.74) is 1.53. The summed E-state index contributed by atoms with van der Waals surface area (Å²) >= 11 is 3.41. The second-order valence-electron chi connectivity index (χ2n) is 4.78. The van der Waals surface area contributed by atoms with Crippen LogP contribution >= 0.6 is 15.9 Å². The topological polar surface area (TPSA) is 35.5 Å². The molecule has 2 aromatic carbocycles. The van der Waals surface area contributed by atoms with Crippen LogP contribution in [-0.2, 0) is 0 Å². The number of carbonyl (C=O) groups is 1. The molecule has 4 heteroatoms. The van der Waals surface area contributed by atoms with Gasteiger partial charge in [0, 0.05) is 10.0 Å². The molecule has 0 amide bonds. The molecule has 23 heavy (non-hydrogen) atoms. The second-order valence-corrected chi connectivity index (χ2v) is 5.70. The molecule has 0 saturated heterocycles. The zero-order valence-electron chi connectivity index (χ0n) is 13.2. The highest BCUT2D eigenvalue weighted by Crippen LogP contribution is 2.29. The third kappa shape index (κ3) is 4.96. The first kappa shape index (κ1) is 17.3. The minimum atomic E-state index is -0.0750. The number of ketones is 1. The predicted molar refractivity (Wildman–Crippen MR) is 96.3 cm³/mol. The molecule has 0 aromatic heterocycles. The summed E-state index contributed by atoms with van der Waals surface area (Å²) in [6.07, 6.45) is 3.36. The van der Waals surface area contributed by atoms with Crippen molar-refractivity contribution in [3.63, 3.8) is 0 Å². The van der Waals surface area contributed by atoms with Crippen LogP contribution in [-0.4, -0.2) is 19.0 Å². The second kappa shape index (κ2) is 8.53. The summed E-state index contributed by atoms with van der Waals surface area (Å²) in [4.78, 5) is 12.3. The van der Waals surface area contributed by atoms with Crippen molar-refractivity contribution in [1.29, 1.82) is 0 Å². The van der Waals surface area contributed by atoms with Gasteiger partial charge in [-0.05, 0) is 55.8 Å². The maximum absolute atomic E-state index is 12.3. The lowest BCUT2D eigenvalue weighted by molar-refractivity contribution is 0.104. The Balaban J connectivity index is 2.20. The van der Waals surface area contributed by atoms with E-state index in [9.17, 15) is 4.79 Å². The van der Waals surface area contributed by atoms with Crippen molar-refractivity contribution >= 4 is 27.8 Å².